The predicted molar refractivity (Wildman–Crippen MR) is 42.8 cm³/mol. The summed E-state index contributed by atoms with van der Waals surface area (Å²) in [5.41, 5.74) is 0.279. The zero-order valence-corrected chi connectivity index (χ0v) is 6.86. The molecule has 1 radical (unpaired) electrons. The second kappa shape index (κ2) is 3.38. The molecule has 1 heterocycles. The molecule has 1 rings (SSSR count). The van der Waals surface area contributed by atoms with Crippen LogP contribution in [0.4, 0.5) is 0 Å². The van der Waals surface area contributed by atoms with Crippen molar-refractivity contribution in [2.24, 2.45) is 0 Å². The van der Waals surface area contributed by atoms with Gasteiger partial charge in [0.15, 0.2) is 0 Å². The van der Waals surface area contributed by atoms with Crippen molar-refractivity contribution in [3.05, 3.63) is 6.92 Å². The lowest BCUT2D eigenvalue weighted by Crippen LogP contribution is -2.02. The van der Waals surface area contributed by atoms with Gasteiger partial charge in [-0.05, 0) is 13.3 Å². The Labute approximate surface area is 63.8 Å². The highest BCUT2D eigenvalue weighted by Crippen LogP contribution is 2.31. The predicted octanol–water partition coefficient (Wildman–Crippen LogP) is 2.56. The molecule has 0 aromatic rings. The molecular formula is C9H17O. The zero-order valence-electron chi connectivity index (χ0n) is 6.86. The second-order valence-electron chi connectivity index (χ2n) is 3.40. The van der Waals surface area contributed by atoms with Gasteiger partial charge in [-0.3, -0.25) is 0 Å². The summed E-state index contributed by atoms with van der Waals surface area (Å²) in [6.45, 7) is 6.98. The van der Waals surface area contributed by atoms with Gasteiger partial charge >= 0.3 is 0 Å². The standard InChI is InChI=1S/C9H17O/c1-3-4-5-6-7-9(2)8-10-9/h1,3-8H2,2H3. The summed E-state index contributed by atoms with van der Waals surface area (Å²) in [5.74, 6) is 0. The van der Waals surface area contributed by atoms with E-state index in [-0.39, 0.29) is 5.60 Å². The summed E-state index contributed by atoms with van der Waals surface area (Å²) >= 11 is 0. The number of unbranched alkanes of at least 4 members (excludes halogenated alkanes) is 3. The summed E-state index contributed by atoms with van der Waals surface area (Å²) in [5, 5.41) is 0. The second-order valence-corrected chi connectivity index (χ2v) is 3.40. The quantitative estimate of drug-likeness (QED) is 0.423. The van der Waals surface area contributed by atoms with Crippen LogP contribution >= 0.6 is 0 Å². The Balaban J connectivity index is 1.86. The molecule has 59 valence electrons. The van der Waals surface area contributed by atoms with Crippen LogP contribution in [-0.2, 0) is 4.74 Å². The van der Waals surface area contributed by atoms with Gasteiger partial charge in [-0.2, -0.15) is 0 Å². The van der Waals surface area contributed by atoms with Gasteiger partial charge in [-0.15, -0.1) is 0 Å². The Morgan fingerprint density at radius 1 is 1.40 bits per heavy atom. The van der Waals surface area contributed by atoms with Crippen LogP contribution in [0.2, 0.25) is 0 Å². The molecule has 10 heavy (non-hydrogen) atoms. The zero-order chi connectivity index (χ0) is 7.45. The fraction of sp³-hybridized carbons (Fsp3) is 0.889. The molecule has 0 aromatic heterocycles. The maximum atomic E-state index is 5.26. The van der Waals surface area contributed by atoms with Crippen molar-refractivity contribution >= 4 is 0 Å². The van der Waals surface area contributed by atoms with Crippen LogP contribution in [0.25, 0.3) is 0 Å². The molecule has 0 aromatic carbocycles. The highest BCUT2D eigenvalue weighted by Gasteiger charge is 2.37. The van der Waals surface area contributed by atoms with E-state index in [4.69, 9.17) is 4.74 Å². The third-order valence-corrected chi connectivity index (χ3v) is 2.09. The van der Waals surface area contributed by atoms with Gasteiger partial charge in [0, 0.05) is 0 Å². The number of hydrogen-bond donors (Lipinski definition) is 0. The molecule has 1 saturated heterocycles. The smallest absolute Gasteiger partial charge is 0.0888 e. The molecule has 0 spiro atoms. The summed E-state index contributed by atoms with van der Waals surface area (Å²) in [7, 11) is 0. The van der Waals surface area contributed by atoms with E-state index in [2.05, 4.69) is 13.8 Å². The lowest BCUT2D eigenvalue weighted by molar-refractivity contribution is 0.301. The Morgan fingerprint density at radius 2 is 2.10 bits per heavy atom. The van der Waals surface area contributed by atoms with E-state index in [1.54, 1.807) is 0 Å². The van der Waals surface area contributed by atoms with Crippen molar-refractivity contribution in [1.82, 2.24) is 0 Å². The summed E-state index contributed by atoms with van der Waals surface area (Å²) in [4.78, 5) is 0. The average molecular weight is 141 g/mol. The van der Waals surface area contributed by atoms with Crippen LogP contribution in [0, 0.1) is 6.92 Å². The van der Waals surface area contributed by atoms with Crippen LogP contribution in [0.5, 0.6) is 0 Å². The van der Waals surface area contributed by atoms with Crippen molar-refractivity contribution in [3.63, 3.8) is 0 Å². The third-order valence-electron chi connectivity index (χ3n) is 2.09. The molecule has 1 atom stereocenters. The van der Waals surface area contributed by atoms with Crippen LogP contribution in [0.3, 0.4) is 0 Å². The van der Waals surface area contributed by atoms with Gasteiger partial charge in [0.1, 0.15) is 0 Å². The Hall–Kier alpha value is -0.0400. The monoisotopic (exact) mass is 141 g/mol. The van der Waals surface area contributed by atoms with Crippen molar-refractivity contribution in [1.29, 1.82) is 0 Å². The molecule has 1 unspecified atom stereocenters. The lowest BCUT2D eigenvalue weighted by atomic mass is 10.0. The van der Waals surface area contributed by atoms with Gasteiger partial charge in [0.25, 0.3) is 0 Å². The summed E-state index contributed by atoms with van der Waals surface area (Å²) in [6, 6.07) is 0. The van der Waals surface area contributed by atoms with E-state index >= 15 is 0 Å². The molecule has 1 fully saturated rings. The normalized spacial score (nSPS) is 30.6. The largest absolute Gasteiger partial charge is 0.370 e. The van der Waals surface area contributed by atoms with Gasteiger partial charge < -0.3 is 4.74 Å². The minimum atomic E-state index is 0.279. The third kappa shape index (κ3) is 2.70. The molecule has 1 heteroatoms. The Kier molecular flexibility index (Phi) is 2.72. The molecule has 0 aliphatic carbocycles. The summed E-state index contributed by atoms with van der Waals surface area (Å²) in [6.07, 6.45) is 6.23. The van der Waals surface area contributed by atoms with Crippen molar-refractivity contribution < 1.29 is 4.74 Å². The molecule has 0 amide bonds. The summed E-state index contributed by atoms with van der Waals surface area (Å²) < 4.78 is 5.26. The van der Waals surface area contributed by atoms with Gasteiger partial charge in [-0.25, -0.2) is 0 Å². The van der Waals surface area contributed by atoms with Crippen LogP contribution < -0.4 is 0 Å². The van der Waals surface area contributed by atoms with Gasteiger partial charge in [-0.1, -0.05) is 32.6 Å². The lowest BCUT2D eigenvalue weighted by Gasteiger charge is -2.02. The van der Waals surface area contributed by atoms with E-state index in [0.29, 0.717) is 0 Å². The average Bonchev–Trinajstić information content (AvgIpc) is 2.62. The topological polar surface area (TPSA) is 12.5 Å². The Bertz CT molecular complexity index is 94.9. The fourth-order valence-corrected chi connectivity index (χ4v) is 1.12. The fourth-order valence-electron chi connectivity index (χ4n) is 1.12. The van der Waals surface area contributed by atoms with Crippen molar-refractivity contribution in [3.8, 4) is 0 Å². The molecule has 1 nitrogen and oxygen atoms in total. The molecular weight excluding hydrogens is 124 g/mol. The van der Waals surface area contributed by atoms with Gasteiger partial charge in [0.05, 0.1) is 12.2 Å². The van der Waals surface area contributed by atoms with E-state index in [1.165, 1.54) is 25.7 Å². The maximum absolute atomic E-state index is 5.26. The Morgan fingerprint density at radius 3 is 2.60 bits per heavy atom. The van der Waals surface area contributed by atoms with Crippen LogP contribution in [-0.4, -0.2) is 12.2 Å². The highest BCUT2D eigenvalue weighted by atomic mass is 16.6. The molecule has 0 saturated carbocycles. The first-order chi connectivity index (χ1) is 4.77. The number of ether oxygens (including phenoxy) is 1. The van der Waals surface area contributed by atoms with Crippen molar-refractivity contribution in [2.75, 3.05) is 6.61 Å². The van der Waals surface area contributed by atoms with Crippen molar-refractivity contribution in [2.45, 2.75) is 44.6 Å². The SMILES string of the molecule is [CH2]CCCCCC1(C)CO1. The molecule has 1 aliphatic rings. The van der Waals surface area contributed by atoms with Crippen LogP contribution in [0.1, 0.15) is 39.0 Å². The minimum absolute atomic E-state index is 0.279. The van der Waals surface area contributed by atoms with E-state index in [9.17, 15) is 0 Å². The molecule has 0 N–H and O–H groups in total. The molecule has 0 bridgehead atoms. The first kappa shape index (κ1) is 8.06. The first-order valence-electron chi connectivity index (χ1n) is 4.20. The number of hydrogen-bond acceptors (Lipinski definition) is 1. The first-order valence-corrected chi connectivity index (χ1v) is 4.20. The van der Waals surface area contributed by atoms with E-state index in [1.807, 2.05) is 0 Å². The van der Waals surface area contributed by atoms with E-state index < -0.39 is 0 Å². The van der Waals surface area contributed by atoms with E-state index in [0.717, 1.165) is 13.0 Å². The minimum Gasteiger partial charge on any atom is -0.370 e. The number of epoxide rings is 1. The maximum Gasteiger partial charge on any atom is 0.0888 e. The van der Waals surface area contributed by atoms with Gasteiger partial charge in [0.2, 0.25) is 0 Å². The molecule has 1 aliphatic heterocycles. The van der Waals surface area contributed by atoms with Crippen LogP contribution in [0.15, 0.2) is 0 Å². The number of rotatable bonds is 5. The highest BCUT2D eigenvalue weighted by molar-refractivity contribution is 4.86.